The minimum Gasteiger partial charge on any atom is -0.393 e. The van der Waals surface area contributed by atoms with Crippen LogP contribution in [0.1, 0.15) is 28.7 Å². The molecule has 2 aromatic rings. The maximum atomic E-state index is 12.1. The summed E-state index contributed by atoms with van der Waals surface area (Å²) in [4.78, 5) is 17.2. The number of aromatic nitrogens is 1. The van der Waals surface area contributed by atoms with Gasteiger partial charge in [0.2, 0.25) is 0 Å². The quantitative estimate of drug-likeness (QED) is 0.890. The van der Waals surface area contributed by atoms with Crippen LogP contribution in [-0.4, -0.2) is 28.6 Å². The van der Waals surface area contributed by atoms with Crippen molar-refractivity contribution >= 4 is 17.2 Å². The van der Waals surface area contributed by atoms with Gasteiger partial charge in [0, 0.05) is 12.1 Å². The number of carbonyl (C=O) groups excluding carboxylic acids is 1. The third-order valence-corrected chi connectivity index (χ3v) is 4.08. The molecule has 5 heteroatoms. The first-order chi connectivity index (χ1) is 9.58. The van der Waals surface area contributed by atoms with Crippen molar-refractivity contribution in [2.75, 3.05) is 6.54 Å². The van der Waals surface area contributed by atoms with Crippen LogP contribution in [-0.2, 0) is 0 Å². The maximum absolute atomic E-state index is 12.1. The van der Waals surface area contributed by atoms with Crippen LogP contribution in [0.15, 0.2) is 30.3 Å². The normalized spacial score (nSPS) is 12.2. The Labute approximate surface area is 122 Å². The summed E-state index contributed by atoms with van der Waals surface area (Å²) in [7, 11) is 0. The lowest BCUT2D eigenvalue weighted by Crippen LogP contribution is -2.26. The number of amides is 1. The van der Waals surface area contributed by atoms with E-state index in [0.29, 0.717) is 17.8 Å². The van der Waals surface area contributed by atoms with Crippen molar-refractivity contribution < 1.29 is 9.90 Å². The van der Waals surface area contributed by atoms with Crippen LogP contribution in [0.5, 0.6) is 0 Å². The molecule has 0 aliphatic heterocycles. The summed E-state index contributed by atoms with van der Waals surface area (Å²) < 4.78 is 0. The highest BCUT2D eigenvalue weighted by Crippen LogP contribution is 2.27. The van der Waals surface area contributed by atoms with Crippen molar-refractivity contribution in [1.82, 2.24) is 10.3 Å². The molecule has 0 aliphatic rings. The summed E-state index contributed by atoms with van der Waals surface area (Å²) in [5.41, 5.74) is 1.76. The summed E-state index contributed by atoms with van der Waals surface area (Å²) >= 11 is 1.39. The average Bonchev–Trinajstić information content (AvgIpc) is 2.81. The molecule has 0 saturated carbocycles. The van der Waals surface area contributed by atoms with Crippen LogP contribution >= 0.6 is 11.3 Å². The summed E-state index contributed by atoms with van der Waals surface area (Å²) in [6.07, 6.45) is 0.146. The lowest BCUT2D eigenvalue weighted by Gasteiger charge is -2.05. The highest BCUT2D eigenvalue weighted by atomic mass is 32.1. The number of nitrogens with one attached hydrogen (secondary N) is 1. The van der Waals surface area contributed by atoms with Crippen LogP contribution in [0, 0.1) is 6.92 Å². The molecule has 0 fully saturated rings. The fourth-order valence-corrected chi connectivity index (χ4v) is 2.77. The molecule has 1 atom stereocenters. The summed E-state index contributed by atoms with van der Waals surface area (Å²) in [6, 6.07) is 9.82. The van der Waals surface area contributed by atoms with E-state index in [9.17, 15) is 9.90 Å². The van der Waals surface area contributed by atoms with Gasteiger partial charge in [-0.05, 0) is 20.3 Å². The maximum Gasteiger partial charge on any atom is 0.263 e. The molecule has 4 nitrogen and oxygen atoms in total. The first-order valence-electron chi connectivity index (χ1n) is 6.57. The second-order valence-electron chi connectivity index (χ2n) is 4.69. The van der Waals surface area contributed by atoms with Crippen LogP contribution in [0.2, 0.25) is 0 Å². The Morgan fingerprint density at radius 2 is 2.10 bits per heavy atom. The predicted octanol–water partition coefficient (Wildman–Crippen LogP) is 2.62. The lowest BCUT2D eigenvalue weighted by molar-refractivity contribution is 0.0949. The number of nitrogens with zero attached hydrogens (tertiary/aromatic N) is 1. The van der Waals surface area contributed by atoms with E-state index in [4.69, 9.17) is 0 Å². The molecule has 1 aromatic carbocycles. The number of aryl methyl sites for hydroxylation is 1. The molecule has 1 heterocycles. The zero-order valence-electron chi connectivity index (χ0n) is 11.6. The monoisotopic (exact) mass is 290 g/mol. The van der Waals surface area contributed by atoms with Gasteiger partial charge in [0.25, 0.3) is 5.91 Å². The third kappa shape index (κ3) is 3.65. The minimum atomic E-state index is -0.405. The zero-order valence-corrected chi connectivity index (χ0v) is 12.4. The standard InChI is InChI=1S/C15H18N2O2S/c1-10(18)8-9-16-14(19)13-11(2)17-15(20-13)12-6-4-3-5-7-12/h3-7,10,18H,8-9H2,1-2H3,(H,16,19). The second-order valence-corrected chi connectivity index (χ2v) is 5.69. The number of benzene rings is 1. The predicted molar refractivity (Wildman–Crippen MR) is 80.9 cm³/mol. The largest absolute Gasteiger partial charge is 0.393 e. The molecule has 0 bridgehead atoms. The van der Waals surface area contributed by atoms with Crippen molar-refractivity contribution in [3.05, 3.63) is 40.9 Å². The van der Waals surface area contributed by atoms with E-state index in [-0.39, 0.29) is 5.91 Å². The van der Waals surface area contributed by atoms with Gasteiger partial charge in [0.15, 0.2) is 0 Å². The van der Waals surface area contributed by atoms with Crippen molar-refractivity contribution in [2.24, 2.45) is 0 Å². The van der Waals surface area contributed by atoms with E-state index < -0.39 is 6.10 Å². The molecule has 106 valence electrons. The summed E-state index contributed by atoms with van der Waals surface area (Å²) in [6.45, 7) is 4.01. The third-order valence-electron chi connectivity index (χ3n) is 2.87. The number of rotatable bonds is 5. The Bertz CT molecular complexity index is 579. The number of aliphatic hydroxyl groups excluding tert-OH is 1. The first-order valence-corrected chi connectivity index (χ1v) is 7.38. The Kier molecular flexibility index (Phi) is 4.87. The summed E-state index contributed by atoms with van der Waals surface area (Å²) in [5.74, 6) is -0.122. The molecule has 0 radical (unpaired) electrons. The Morgan fingerprint density at radius 3 is 2.75 bits per heavy atom. The molecule has 1 unspecified atom stereocenters. The molecular formula is C15H18N2O2S. The van der Waals surface area contributed by atoms with Crippen LogP contribution in [0.25, 0.3) is 10.6 Å². The number of thiazole rings is 1. The molecule has 2 N–H and O–H groups in total. The van der Waals surface area contributed by atoms with E-state index in [1.54, 1.807) is 6.92 Å². The molecule has 1 aromatic heterocycles. The van der Waals surface area contributed by atoms with Gasteiger partial charge in [0.1, 0.15) is 9.88 Å². The van der Waals surface area contributed by atoms with E-state index in [0.717, 1.165) is 16.3 Å². The molecule has 0 aliphatic carbocycles. The molecule has 2 rings (SSSR count). The molecule has 20 heavy (non-hydrogen) atoms. The number of hydrogen-bond donors (Lipinski definition) is 2. The van der Waals surface area contributed by atoms with E-state index in [1.807, 2.05) is 37.3 Å². The van der Waals surface area contributed by atoms with E-state index in [1.165, 1.54) is 11.3 Å². The minimum absolute atomic E-state index is 0.122. The highest BCUT2D eigenvalue weighted by molar-refractivity contribution is 7.17. The number of carbonyl (C=O) groups is 1. The van der Waals surface area contributed by atoms with Crippen LogP contribution in [0.3, 0.4) is 0 Å². The van der Waals surface area contributed by atoms with Gasteiger partial charge in [-0.15, -0.1) is 11.3 Å². The average molecular weight is 290 g/mol. The molecule has 0 spiro atoms. The Hall–Kier alpha value is -1.72. The van der Waals surface area contributed by atoms with Crippen molar-refractivity contribution in [1.29, 1.82) is 0 Å². The SMILES string of the molecule is Cc1nc(-c2ccccc2)sc1C(=O)NCCC(C)O. The fraction of sp³-hybridized carbons (Fsp3) is 0.333. The van der Waals surface area contributed by atoms with Crippen LogP contribution in [0.4, 0.5) is 0 Å². The summed E-state index contributed by atoms with van der Waals surface area (Å²) in [5, 5.41) is 12.8. The lowest BCUT2D eigenvalue weighted by atomic mass is 10.2. The van der Waals surface area contributed by atoms with Gasteiger partial charge in [-0.2, -0.15) is 0 Å². The fourth-order valence-electron chi connectivity index (χ4n) is 1.79. The van der Waals surface area contributed by atoms with Crippen molar-refractivity contribution in [2.45, 2.75) is 26.4 Å². The second kappa shape index (κ2) is 6.63. The van der Waals surface area contributed by atoms with Crippen molar-refractivity contribution in [3.63, 3.8) is 0 Å². The Balaban J connectivity index is 2.10. The van der Waals surface area contributed by atoms with Gasteiger partial charge >= 0.3 is 0 Å². The van der Waals surface area contributed by atoms with Gasteiger partial charge < -0.3 is 10.4 Å². The van der Waals surface area contributed by atoms with Crippen LogP contribution < -0.4 is 5.32 Å². The van der Waals surface area contributed by atoms with Gasteiger partial charge in [0.05, 0.1) is 11.8 Å². The van der Waals surface area contributed by atoms with E-state index in [2.05, 4.69) is 10.3 Å². The first kappa shape index (κ1) is 14.7. The van der Waals surface area contributed by atoms with Gasteiger partial charge in [-0.25, -0.2) is 4.98 Å². The van der Waals surface area contributed by atoms with Crippen molar-refractivity contribution in [3.8, 4) is 10.6 Å². The zero-order chi connectivity index (χ0) is 14.5. The van der Waals surface area contributed by atoms with E-state index >= 15 is 0 Å². The smallest absolute Gasteiger partial charge is 0.263 e. The van der Waals surface area contributed by atoms with Gasteiger partial charge in [-0.1, -0.05) is 30.3 Å². The number of aliphatic hydroxyl groups is 1. The topological polar surface area (TPSA) is 62.2 Å². The molecular weight excluding hydrogens is 272 g/mol. The van der Waals surface area contributed by atoms with Gasteiger partial charge in [-0.3, -0.25) is 4.79 Å². The number of hydrogen-bond acceptors (Lipinski definition) is 4. The highest BCUT2D eigenvalue weighted by Gasteiger charge is 2.15. The molecule has 1 amide bonds. The molecule has 0 saturated heterocycles. The Morgan fingerprint density at radius 1 is 1.40 bits per heavy atom.